The normalized spacial score (nSPS) is 18.4. The fraction of sp³-hybridized carbons (Fsp3) is 0.227. The summed E-state index contributed by atoms with van der Waals surface area (Å²) in [6.45, 7) is 2.08. The summed E-state index contributed by atoms with van der Waals surface area (Å²) in [5, 5.41) is 2.23. The van der Waals surface area contributed by atoms with Crippen molar-refractivity contribution in [1.82, 2.24) is 5.32 Å². The Bertz CT molecular complexity index is 991. The molecule has 2 aliphatic rings. The van der Waals surface area contributed by atoms with Crippen molar-refractivity contribution < 1.29 is 19.1 Å². The molecule has 7 nitrogen and oxygen atoms in total. The van der Waals surface area contributed by atoms with E-state index in [-0.39, 0.29) is 5.57 Å². The Balaban J connectivity index is 1.62. The standard InChI is InChI=1S/C22H21N3O4/c1-29-18-6-4-5-17(14-18)25-21(27)19(20(26)23-22(25)28)13-15-7-9-16(10-8-15)24-11-2-3-12-24/h4-10,13-14H,2-3,11-12H2,1H3,(H,23,26,28). The zero-order valence-electron chi connectivity index (χ0n) is 16.1. The Morgan fingerprint density at radius 2 is 1.69 bits per heavy atom. The van der Waals surface area contributed by atoms with Gasteiger partial charge in [0.1, 0.15) is 11.3 Å². The average molecular weight is 391 g/mol. The summed E-state index contributed by atoms with van der Waals surface area (Å²) in [4.78, 5) is 40.8. The lowest BCUT2D eigenvalue weighted by molar-refractivity contribution is -0.122. The Morgan fingerprint density at radius 1 is 0.966 bits per heavy atom. The Kier molecular flexibility index (Phi) is 5.03. The highest BCUT2D eigenvalue weighted by Gasteiger charge is 2.36. The fourth-order valence-electron chi connectivity index (χ4n) is 3.56. The molecule has 2 aromatic carbocycles. The van der Waals surface area contributed by atoms with Crippen molar-refractivity contribution in [2.24, 2.45) is 0 Å². The number of urea groups is 1. The second kappa shape index (κ2) is 7.79. The summed E-state index contributed by atoms with van der Waals surface area (Å²) in [5.41, 5.74) is 2.07. The first-order valence-electron chi connectivity index (χ1n) is 9.47. The van der Waals surface area contributed by atoms with Crippen molar-refractivity contribution in [2.45, 2.75) is 12.8 Å². The van der Waals surface area contributed by atoms with Crippen LogP contribution in [0.4, 0.5) is 16.2 Å². The van der Waals surface area contributed by atoms with E-state index in [1.165, 1.54) is 26.0 Å². The molecular formula is C22H21N3O4. The highest BCUT2D eigenvalue weighted by Crippen LogP contribution is 2.26. The van der Waals surface area contributed by atoms with Gasteiger partial charge in [-0.05, 0) is 48.7 Å². The van der Waals surface area contributed by atoms with Gasteiger partial charge in [0, 0.05) is 24.8 Å². The van der Waals surface area contributed by atoms with Gasteiger partial charge in [0.25, 0.3) is 11.8 Å². The molecule has 29 heavy (non-hydrogen) atoms. The predicted molar refractivity (Wildman–Crippen MR) is 110 cm³/mol. The Morgan fingerprint density at radius 3 is 2.38 bits per heavy atom. The van der Waals surface area contributed by atoms with Crippen molar-refractivity contribution in [3.8, 4) is 5.75 Å². The van der Waals surface area contributed by atoms with E-state index in [4.69, 9.17) is 4.74 Å². The van der Waals surface area contributed by atoms with E-state index in [0.29, 0.717) is 17.0 Å². The molecule has 2 saturated heterocycles. The van der Waals surface area contributed by atoms with Crippen LogP contribution in [0.2, 0.25) is 0 Å². The summed E-state index contributed by atoms with van der Waals surface area (Å²) >= 11 is 0. The van der Waals surface area contributed by atoms with E-state index in [1.54, 1.807) is 24.3 Å². The molecule has 0 aliphatic carbocycles. The van der Waals surface area contributed by atoms with Gasteiger partial charge in [0.05, 0.1) is 12.8 Å². The zero-order valence-corrected chi connectivity index (χ0v) is 16.1. The van der Waals surface area contributed by atoms with E-state index in [1.807, 2.05) is 24.3 Å². The van der Waals surface area contributed by atoms with Gasteiger partial charge in [0.15, 0.2) is 0 Å². The number of amides is 4. The van der Waals surface area contributed by atoms with Crippen molar-refractivity contribution in [3.63, 3.8) is 0 Å². The largest absolute Gasteiger partial charge is 0.497 e. The van der Waals surface area contributed by atoms with Crippen LogP contribution in [-0.2, 0) is 9.59 Å². The minimum absolute atomic E-state index is 0.0960. The van der Waals surface area contributed by atoms with Crippen LogP contribution in [0.3, 0.4) is 0 Å². The maximum absolute atomic E-state index is 13.0. The van der Waals surface area contributed by atoms with E-state index >= 15 is 0 Å². The molecule has 4 amide bonds. The first-order valence-corrected chi connectivity index (χ1v) is 9.47. The van der Waals surface area contributed by atoms with Crippen LogP contribution in [0.1, 0.15) is 18.4 Å². The van der Waals surface area contributed by atoms with Crippen molar-refractivity contribution in [2.75, 3.05) is 30.0 Å². The van der Waals surface area contributed by atoms with E-state index < -0.39 is 17.8 Å². The van der Waals surface area contributed by atoms with E-state index in [9.17, 15) is 14.4 Å². The molecule has 2 fully saturated rings. The van der Waals surface area contributed by atoms with Gasteiger partial charge in [-0.3, -0.25) is 14.9 Å². The number of nitrogens with one attached hydrogen (secondary N) is 1. The van der Waals surface area contributed by atoms with Gasteiger partial charge in [-0.15, -0.1) is 0 Å². The molecule has 2 heterocycles. The minimum atomic E-state index is -0.783. The summed E-state index contributed by atoms with van der Waals surface area (Å²) in [6, 6.07) is 13.5. The molecule has 0 radical (unpaired) electrons. The van der Waals surface area contributed by atoms with Gasteiger partial charge in [-0.2, -0.15) is 0 Å². The van der Waals surface area contributed by atoms with Crippen LogP contribution in [0.25, 0.3) is 6.08 Å². The van der Waals surface area contributed by atoms with Gasteiger partial charge >= 0.3 is 6.03 Å². The minimum Gasteiger partial charge on any atom is -0.497 e. The lowest BCUT2D eigenvalue weighted by Gasteiger charge is -2.26. The molecule has 0 bridgehead atoms. The third-order valence-corrected chi connectivity index (χ3v) is 5.09. The van der Waals surface area contributed by atoms with Crippen molar-refractivity contribution in [1.29, 1.82) is 0 Å². The number of imide groups is 2. The van der Waals surface area contributed by atoms with E-state index in [2.05, 4.69) is 10.2 Å². The number of methoxy groups -OCH3 is 1. The number of rotatable bonds is 4. The maximum atomic E-state index is 13.0. The molecule has 1 N–H and O–H groups in total. The van der Waals surface area contributed by atoms with Crippen molar-refractivity contribution >= 4 is 35.3 Å². The summed E-state index contributed by atoms with van der Waals surface area (Å²) in [7, 11) is 1.50. The van der Waals surface area contributed by atoms with Crippen molar-refractivity contribution in [3.05, 3.63) is 59.7 Å². The number of nitrogens with zero attached hydrogens (tertiary/aromatic N) is 2. The number of hydrogen-bond donors (Lipinski definition) is 1. The van der Waals surface area contributed by atoms with Crippen LogP contribution >= 0.6 is 0 Å². The highest BCUT2D eigenvalue weighted by molar-refractivity contribution is 6.39. The summed E-state index contributed by atoms with van der Waals surface area (Å²) in [6.07, 6.45) is 3.88. The average Bonchev–Trinajstić information content (AvgIpc) is 3.26. The lowest BCUT2D eigenvalue weighted by Crippen LogP contribution is -2.54. The second-order valence-electron chi connectivity index (χ2n) is 6.95. The molecule has 4 rings (SSSR count). The summed E-state index contributed by atoms with van der Waals surface area (Å²) in [5.74, 6) is -0.874. The van der Waals surface area contributed by atoms with Gasteiger partial charge < -0.3 is 9.64 Å². The predicted octanol–water partition coefficient (Wildman–Crippen LogP) is 2.96. The van der Waals surface area contributed by atoms with Gasteiger partial charge in [0.2, 0.25) is 0 Å². The van der Waals surface area contributed by atoms with E-state index in [0.717, 1.165) is 23.7 Å². The van der Waals surface area contributed by atoms with Crippen LogP contribution in [0.15, 0.2) is 54.1 Å². The SMILES string of the molecule is COc1cccc(N2C(=O)NC(=O)C(=Cc3ccc(N4CCCC4)cc3)C2=O)c1. The fourth-order valence-corrected chi connectivity index (χ4v) is 3.56. The lowest BCUT2D eigenvalue weighted by atomic mass is 10.1. The number of carbonyl (C=O) groups excluding carboxylic acids is 3. The molecule has 0 spiro atoms. The highest BCUT2D eigenvalue weighted by atomic mass is 16.5. The molecule has 0 saturated carbocycles. The number of carbonyl (C=O) groups is 3. The molecule has 0 unspecified atom stereocenters. The molecule has 2 aromatic rings. The quantitative estimate of drug-likeness (QED) is 0.640. The van der Waals surface area contributed by atoms with Gasteiger partial charge in [-0.1, -0.05) is 18.2 Å². The smallest absolute Gasteiger partial charge is 0.335 e. The third kappa shape index (κ3) is 3.71. The Hall–Kier alpha value is -3.61. The molecule has 0 atom stereocenters. The number of hydrogen-bond acceptors (Lipinski definition) is 5. The first-order chi connectivity index (χ1) is 14.1. The zero-order chi connectivity index (χ0) is 20.4. The van der Waals surface area contributed by atoms with Crippen LogP contribution in [0.5, 0.6) is 5.75 Å². The summed E-state index contributed by atoms with van der Waals surface area (Å²) < 4.78 is 5.16. The van der Waals surface area contributed by atoms with Crippen LogP contribution < -0.4 is 19.9 Å². The maximum Gasteiger partial charge on any atom is 0.335 e. The number of benzene rings is 2. The Labute approximate surface area is 168 Å². The topological polar surface area (TPSA) is 79.0 Å². The molecule has 7 heteroatoms. The number of ether oxygens (including phenoxy) is 1. The van der Waals surface area contributed by atoms with Crippen LogP contribution in [0, 0.1) is 0 Å². The molecule has 148 valence electrons. The van der Waals surface area contributed by atoms with Crippen LogP contribution in [-0.4, -0.2) is 38.0 Å². The monoisotopic (exact) mass is 391 g/mol. The second-order valence-corrected chi connectivity index (χ2v) is 6.95. The molecular weight excluding hydrogens is 370 g/mol. The molecule has 0 aromatic heterocycles. The number of anilines is 2. The third-order valence-electron chi connectivity index (χ3n) is 5.09. The van der Waals surface area contributed by atoms with Gasteiger partial charge in [-0.25, -0.2) is 9.69 Å². The number of barbiturate groups is 1. The molecule has 2 aliphatic heterocycles. The first kappa shape index (κ1) is 18.7.